The molecule has 100 valence electrons. The monoisotopic (exact) mass is 257 g/mol. The highest BCUT2D eigenvalue weighted by molar-refractivity contribution is 5.59. The molecule has 0 bridgehead atoms. The van der Waals surface area contributed by atoms with Gasteiger partial charge in [-0.3, -0.25) is 0 Å². The molecule has 1 aliphatic carbocycles. The topological polar surface area (TPSA) is 35.9 Å². The maximum atomic E-state index is 10.7. The van der Waals surface area contributed by atoms with Crippen molar-refractivity contribution in [1.29, 1.82) is 0 Å². The number of hydrogen-bond donors (Lipinski definition) is 0. The lowest BCUT2D eigenvalue weighted by molar-refractivity contribution is 0.312. The minimum atomic E-state index is -0.276. The van der Waals surface area contributed by atoms with Crippen LogP contribution in [0.1, 0.15) is 18.4 Å². The second-order valence-corrected chi connectivity index (χ2v) is 5.54. The van der Waals surface area contributed by atoms with Crippen LogP contribution >= 0.6 is 0 Å². The van der Waals surface area contributed by atoms with Gasteiger partial charge in [0.15, 0.2) is 0 Å². The third-order valence-electron chi connectivity index (χ3n) is 4.23. The van der Waals surface area contributed by atoms with Crippen LogP contribution in [0.25, 0.3) is 0 Å². The van der Waals surface area contributed by atoms with E-state index in [0.29, 0.717) is 0 Å². The molecule has 4 nitrogen and oxygen atoms in total. The maximum absolute atomic E-state index is 10.7. The fourth-order valence-corrected chi connectivity index (χ4v) is 2.84. The SMILES string of the molecule is CN1CCN(c2ccccc2C2(N=C=O)CC2)CC1. The van der Waals surface area contributed by atoms with Crippen molar-refractivity contribution in [1.82, 2.24) is 4.90 Å². The van der Waals surface area contributed by atoms with Crippen LogP contribution < -0.4 is 4.90 Å². The van der Waals surface area contributed by atoms with E-state index in [1.54, 1.807) is 6.08 Å². The fourth-order valence-electron chi connectivity index (χ4n) is 2.84. The fraction of sp³-hybridized carbons (Fsp3) is 0.533. The van der Waals surface area contributed by atoms with Crippen LogP contribution in [0.4, 0.5) is 5.69 Å². The highest BCUT2D eigenvalue weighted by atomic mass is 16.1. The molecule has 1 aromatic carbocycles. The summed E-state index contributed by atoms with van der Waals surface area (Å²) in [5, 5.41) is 0. The van der Waals surface area contributed by atoms with Crippen LogP contribution in [0, 0.1) is 0 Å². The summed E-state index contributed by atoms with van der Waals surface area (Å²) >= 11 is 0. The molecular weight excluding hydrogens is 238 g/mol. The Morgan fingerprint density at radius 2 is 1.84 bits per heavy atom. The summed E-state index contributed by atoms with van der Waals surface area (Å²) in [6.07, 6.45) is 3.68. The number of aliphatic imine (C=N–C) groups is 1. The van der Waals surface area contributed by atoms with Gasteiger partial charge in [0.2, 0.25) is 6.08 Å². The number of anilines is 1. The first-order valence-electron chi connectivity index (χ1n) is 6.87. The molecule has 0 unspecified atom stereocenters. The molecule has 4 heteroatoms. The summed E-state index contributed by atoms with van der Waals surface area (Å²) in [6, 6.07) is 8.37. The zero-order chi connectivity index (χ0) is 13.3. The summed E-state index contributed by atoms with van der Waals surface area (Å²) in [5.74, 6) is 0. The van der Waals surface area contributed by atoms with Gasteiger partial charge in [-0.15, -0.1) is 0 Å². The van der Waals surface area contributed by atoms with Crippen LogP contribution in [-0.4, -0.2) is 44.2 Å². The average molecular weight is 257 g/mol. The van der Waals surface area contributed by atoms with Gasteiger partial charge in [-0.1, -0.05) is 18.2 Å². The zero-order valence-corrected chi connectivity index (χ0v) is 11.3. The lowest BCUT2D eigenvalue weighted by atomic mass is 10.0. The lowest BCUT2D eigenvalue weighted by Gasteiger charge is -2.35. The third-order valence-corrected chi connectivity index (χ3v) is 4.23. The highest BCUT2D eigenvalue weighted by Crippen LogP contribution is 2.52. The molecule has 0 N–H and O–H groups in total. The number of piperazine rings is 1. The van der Waals surface area contributed by atoms with Crippen LogP contribution in [0.5, 0.6) is 0 Å². The lowest BCUT2D eigenvalue weighted by Crippen LogP contribution is -2.45. The Hall–Kier alpha value is -1.64. The predicted octanol–water partition coefficient (Wildman–Crippen LogP) is 1.76. The van der Waals surface area contributed by atoms with Crippen molar-refractivity contribution in [3.8, 4) is 0 Å². The standard InChI is InChI=1S/C15H19N3O/c1-17-8-10-18(11-9-17)14-5-3-2-4-13(14)15(6-7-15)16-12-19/h2-5H,6-11H2,1H3. The van der Waals surface area contributed by atoms with Crippen LogP contribution in [0.2, 0.25) is 0 Å². The van der Waals surface area contributed by atoms with Crippen molar-refractivity contribution in [2.45, 2.75) is 18.4 Å². The Labute approximate surface area is 113 Å². The highest BCUT2D eigenvalue weighted by Gasteiger charge is 2.46. The molecule has 1 heterocycles. The maximum Gasteiger partial charge on any atom is 0.235 e. The van der Waals surface area contributed by atoms with Crippen LogP contribution in [-0.2, 0) is 10.3 Å². The van der Waals surface area contributed by atoms with Crippen molar-refractivity contribution in [3.63, 3.8) is 0 Å². The minimum Gasteiger partial charge on any atom is -0.369 e. The van der Waals surface area contributed by atoms with E-state index in [9.17, 15) is 4.79 Å². The van der Waals surface area contributed by atoms with Gasteiger partial charge in [-0.25, -0.2) is 4.79 Å². The first kappa shape index (κ1) is 12.4. The van der Waals surface area contributed by atoms with E-state index in [0.717, 1.165) is 39.0 Å². The van der Waals surface area contributed by atoms with E-state index in [1.807, 2.05) is 6.07 Å². The Balaban J connectivity index is 1.92. The number of nitrogens with zero attached hydrogens (tertiary/aromatic N) is 3. The van der Waals surface area contributed by atoms with Gasteiger partial charge in [0.05, 0.1) is 0 Å². The van der Waals surface area contributed by atoms with Crippen LogP contribution in [0.3, 0.4) is 0 Å². The van der Waals surface area contributed by atoms with Crippen molar-refractivity contribution in [2.75, 3.05) is 38.1 Å². The quantitative estimate of drug-likeness (QED) is 0.611. The number of carbonyl (C=O) groups excluding carboxylic acids is 1. The Morgan fingerprint density at radius 3 is 2.47 bits per heavy atom. The smallest absolute Gasteiger partial charge is 0.235 e. The molecule has 2 fully saturated rings. The number of isocyanates is 1. The van der Waals surface area contributed by atoms with E-state index < -0.39 is 0 Å². The third kappa shape index (κ3) is 2.29. The first-order chi connectivity index (χ1) is 9.25. The predicted molar refractivity (Wildman–Crippen MR) is 75.2 cm³/mol. The van der Waals surface area contributed by atoms with E-state index in [2.05, 4.69) is 40.0 Å². The van der Waals surface area contributed by atoms with Gasteiger partial charge in [0.1, 0.15) is 5.54 Å². The number of likely N-dealkylation sites (N-methyl/N-ethyl adjacent to an activating group) is 1. The Kier molecular flexibility index (Phi) is 3.13. The van der Waals surface area contributed by atoms with E-state index in [4.69, 9.17) is 0 Å². The second-order valence-electron chi connectivity index (χ2n) is 5.54. The van der Waals surface area contributed by atoms with E-state index in [-0.39, 0.29) is 5.54 Å². The molecule has 0 spiro atoms. The van der Waals surface area contributed by atoms with Crippen molar-refractivity contribution in [3.05, 3.63) is 29.8 Å². The molecule has 0 amide bonds. The van der Waals surface area contributed by atoms with Gasteiger partial charge in [-0.05, 0) is 26.0 Å². The molecule has 3 rings (SSSR count). The summed E-state index contributed by atoms with van der Waals surface area (Å²) in [7, 11) is 2.16. The summed E-state index contributed by atoms with van der Waals surface area (Å²) < 4.78 is 0. The molecule has 0 aromatic heterocycles. The molecule has 2 aliphatic rings. The summed E-state index contributed by atoms with van der Waals surface area (Å²) in [4.78, 5) is 19.5. The molecule has 0 atom stereocenters. The van der Waals surface area contributed by atoms with Crippen molar-refractivity contribution in [2.24, 2.45) is 4.99 Å². The van der Waals surface area contributed by atoms with E-state index >= 15 is 0 Å². The normalized spacial score (nSPS) is 21.8. The number of hydrogen-bond acceptors (Lipinski definition) is 4. The van der Waals surface area contributed by atoms with Gasteiger partial charge in [0.25, 0.3) is 0 Å². The van der Waals surface area contributed by atoms with Crippen molar-refractivity contribution >= 4 is 11.8 Å². The molecule has 19 heavy (non-hydrogen) atoms. The molecule has 0 radical (unpaired) electrons. The zero-order valence-electron chi connectivity index (χ0n) is 11.3. The molecule has 1 saturated carbocycles. The van der Waals surface area contributed by atoms with Gasteiger partial charge in [0, 0.05) is 37.4 Å². The van der Waals surface area contributed by atoms with Crippen LogP contribution in [0.15, 0.2) is 29.3 Å². The Morgan fingerprint density at radius 1 is 1.16 bits per heavy atom. The largest absolute Gasteiger partial charge is 0.369 e. The second kappa shape index (κ2) is 4.80. The number of rotatable bonds is 3. The van der Waals surface area contributed by atoms with Crippen molar-refractivity contribution < 1.29 is 4.79 Å². The molecular formula is C15H19N3O. The number of para-hydroxylation sites is 1. The number of benzene rings is 1. The minimum absolute atomic E-state index is 0.276. The van der Waals surface area contributed by atoms with Gasteiger partial charge >= 0.3 is 0 Å². The first-order valence-corrected chi connectivity index (χ1v) is 6.87. The molecule has 1 saturated heterocycles. The van der Waals surface area contributed by atoms with Gasteiger partial charge < -0.3 is 9.80 Å². The van der Waals surface area contributed by atoms with Gasteiger partial charge in [-0.2, -0.15) is 4.99 Å². The van der Waals surface area contributed by atoms with E-state index in [1.165, 1.54) is 11.3 Å². The Bertz CT molecular complexity index is 510. The average Bonchev–Trinajstić information content (AvgIpc) is 3.21. The molecule has 1 aliphatic heterocycles. The molecule has 1 aromatic rings. The summed E-state index contributed by atoms with van der Waals surface area (Å²) in [6.45, 7) is 4.24. The summed E-state index contributed by atoms with van der Waals surface area (Å²) in [5.41, 5.74) is 2.16.